The predicted octanol–water partition coefficient (Wildman–Crippen LogP) is 3.46. The smallest absolute Gasteiger partial charge is 0.308 e. The molecule has 0 saturated heterocycles. The Kier molecular flexibility index (Phi) is 4.36. The van der Waals surface area contributed by atoms with Gasteiger partial charge in [-0.05, 0) is 57.3 Å². The molecule has 0 radical (unpaired) electrons. The largest absolute Gasteiger partial charge is 0.425 e. The first-order valence-electron chi connectivity index (χ1n) is 3.84. The summed E-state index contributed by atoms with van der Waals surface area (Å²) in [6.07, 6.45) is 1.68. The van der Waals surface area contributed by atoms with E-state index in [-0.39, 0.29) is 5.97 Å². The zero-order chi connectivity index (χ0) is 10.7. The van der Waals surface area contributed by atoms with Crippen molar-refractivity contribution < 1.29 is 9.53 Å². The Morgan fingerprint density at radius 2 is 2.14 bits per heavy atom. The average Bonchev–Trinajstić information content (AvgIpc) is 2.08. The van der Waals surface area contributed by atoms with Crippen LogP contribution in [0.25, 0.3) is 6.08 Å². The van der Waals surface area contributed by atoms with Crippen molar-refractivity contribution in [3.63, 3.8) is 0 Å². The lowest BCUT2D eigenvalue weighted by atomic mass is 10.2. The van der Waals surface area contributed by atoms with Crippen LogP contribution in [0.3, 0.4) is 0 Å². The lowest BCUT2D eigenvalue weighted by molar-refractivity contribution is -0.131. The number of halogens is 2. The molecule has 14 heavy (non-hydrogen) atoms. The third kappa shape index (κ3) is 2.94. The van der Waals surface area contributed by atoms with Crippen molar-refractivity contribution in [2.45, 2.75) is 6.92 Å². The van der Waals surface area contributed by atoms with Crippen LogP contribution in [0, 0.1) is 7.14 Å². The van der Waals surface area contributed by atoms with Crippen LogP contribution in [-0.2, 0) is 4.79 Å². The molecule has 2 nitrogen and oxygen atoms in total. The maximum atomic E-state index is 10.9. The van der Waals surface area contributed by atoms with E-state index < -0.39 is 0 Å². The second-order valence-corrected chi connectivity index (χ2v) is 5.01. The van der Waals surface area contributed by atoms with Gasteiger partial charge in [0.15, 0.2) is 5.75 Å². The summed E-state index contributed by atoms with van der Waals surface area (Å²) in [5.41, 5.74) is 0.844. The van der Waals surface area contributed by atoms with Crippen molar-refractivity contribution >= 4 is 57.2 Å². The van der Waals surface area contributed by atoms with E-state index in [1.54, 1.807) is 6.08 Å². The summed E-state index contributed by atoms with van der Waals surface area (Å²) in [6.45, 7) is 5.07. The highest BCUT2D eigenvalue weighted by Crippen LogP contribution is 2.29. The quantitative estimate of drug-likeness (QED) is 0.421. The second kappa shape index (κ2) is 5.11. The molecule has 0 amide bonds. The summed E-state index contributed by atoms with van der Waals surface area (Å²) < 4.78 is 7.11. The Hall–Kier alpha value is -0.110. The normalized spacial score (nSPS) is 9.64. The molecule has 0 aliphatic rings. The highest BCUT2D eigenvalue weighted by atomic mass is 127. The van der Waals surface area contributed by atoms with E-state index in [4.69, 9.17) is 4.74 Å². The number of carbonyl (C=O) groups is 1. The first-order valence-corrected chi connectivity index (χ1v) is 6.00. The number of carbonyl (C=O) groups excluding carboxylic acids is 1. The zero-order valence-electron chi connectivity index (χ0n) is 7.51. The fourth-order valence-electron chi connectivity index (χ4n) is 0.983. The molecule has 0 N–H and O–H groups in total. The van der Waals surface area contributed by atoms with Crippen LogP contribution < -0.4 is 4.74 Å². The van der Waals surface area contributed by atoms with Gasteiger partial charge in [-0.25, -0.2) is 0 Å². The van der Waals surface area contributed by atoms with E-state index >= 15 is 0 Å². The van der Waals surface area contributed by atoms with E-state index in [9.17, 15) is 4.79 Å². The Morgan fingerprint density at radius 3 is 2.64 bits per heavy atom. The fraction of sp³-hybridized carbons (Fsp3) is 0.100. The minimum absolute atomic E-state index is 0.313. The van der Waals surface area contributed by atoms with Gasteiger partial charge in [0.25, 0.3) is 0 Å². The highest BCUT2D eigenvalue weighted by Gasteiger charge is 2.09. The van der Waals surface area contributed by atoms with Crippen LogP contribution in [0.1, 0.15) is 12.5 Å². The van der Waals surface area contributed by atoms with Gasteiger partial charge in [-0.2, -0.15) is 0 Å². The van der Waals surface area contributed by atoms with E-state index in [1.165, 1.54) is 6.92 Å². The van der Waals surface area contributed by atoms with Crippen molar-refractivity contribution in [1.29, 1.82) is 0 Å². The number of rotatable bonds is 2. The van der Waals surface area contributed by atoms with Crippen molar-refractivity contribution in [2.24, 2.45) is 0 Å². The van der Waals surface area contributed by atoms with Crippen LogP contribution in [0.2, 0.25) is 0 Å². The van der Waals surface area contributed by atoms with Crippen LogP contribution in [0.5, 0.6) is 5.75 Å². The molecule has 0 aliphatic carbocycles. The Balaban J connectivity index is 3.24. The summed E-state index contributed by atoms with van der Waals surface area (Å²) >= 11 is 4.35. The lowest BCUT2D eigenvalue weighted by Gasteiger charge is -2.08. The number of esters is 1. The van der Waals surface area contributed by atoms with Gasteiger partial charge >= 0.3 is 5.97 Å². The van der Waals surface area contributed by atoms with Gasteiger partial charge in [0.05, 0.1) is 3.57 Å². The Bertz CT molecular complexity index is 386. The molecule has 0 saturated carbocycles. The van der Waals surface area contributed by atoms with Crippen molar-refractivity contribution in [3.05, 3.63) is 31.4 Å². The highest BCUT2D eigenvalue weighted by molar-refractivity contribution is 14.1. The van der Waals surface area contributed by atoms with Gasteiger partial charge in [-0.3, -0.25) is 4.79 Å². The predicted molar refractivity (Wildman–Crippen MR) is 73.3 cm³/mol. The van der Waals surface area contributed by atoms with E-state index in [2.05, 4.69) is 51.8 Å². The van der Waals surface area contributed by atoms with Crippen molar-refractivity contribution in [2.75, 3.05) is 0 Å². The summed E-state index contributed by atoms with van der Waals surface area (Å²) in [5.74, 6) is 0.278. The summed E-state index contributed by atoms with van der Waals surface area (Å²) in [5, 5.41) is 0. The molecule has 1 aromatic carbocycles. The number of ether oxygens (including phenoxy) is 1. The molecule has 0 unspecified atom stereocenters. The summed E-state index contributed by atoms with van der Waals surface area (Å²) in [7, 11) is 0. The van der Waals surface area contributed by atoms with Gasteiger partial charge in [0.1, 0.15) is 0 Å². The van der Waals surface area contributed by atoms with Gasteiger partial charge in [-0.1, -0.05) is 12.7 Å². The van der Waals surface area contributed by atoms with Crippen LogP contribution >= 0.6 is 45.2 Å². The monoisotopic (exact) mass is 414 g/mol. The number of hydrogen-bond acceptors (Lipinski definition) is 2. The minimum atomic E-state index is -0.313. The molecular weight excluding hydrogens is 406 g/mol. The van der Waals surface area contributed by atoms with Crippen LogP contribution in [0.15, 0.2) is 18.7 Å². The molecule has 0 spiro atoms. The van der Waals surface area contributed by atoms with Gasteiger partial charge in [-0.15, -0.1) is 0 Å². The molecular formula is C10H8I2O2. The number of hydrogen-bond donors (Lipinski definition) is 0. The van der Waals surface area contributed by atoms with Crippen LogP contribution in [-0.4, -0.2) is 5.97 Å². The lowest BCUT2D eigenvalue weighted by Crippen LogP contribution is -2.04. The topological polar surface area (TPSA) is 26.3 Å². The van der Waals surface area contributed by atoms with Crippen molar-refractivity contribution in [1.82, 2.24) is 0 Å². The molecule has 0 atom stereocenters. The fourth-order valence-corrected chi connectivity index (χ4v) is 2.98. The average molecular weight is 414 g/mol. The van der Waals surface area contributed by atoms with Gasteiger partial charge < -0.3 is 4.74 Å². The van der Waals surface area contributed by atoms with Crippen LogP contribution in [0.4, 0.5) is 0 Å². The SMILES string of the molecule is C=Cc1cc(I)cc(I)c1OC(C)=O. The van der Waals surface area contributed by atoms with Gasteiger partial charge in [0, 0.05) is 16.1 Å². The second-order valence-electron chi connectivity index (χ2n) is 2.60. The number of benzene rings is 1. The summed E-state index contributed by atoms with van der Waals surface area (Å²) in [4.78, 5) is 10.9. The molecule has 0 aliphatic heterocycles. The Labute approximate surface area is 110 Å². The van der Waals surface area contributed by atoms with E-state index in [1.807, 2.05) is 12.1 Å². The van der Waals surface area contributed by atoms with Crippen molar-refractivity contribution in [3.8, 4) is 5.75 Å². The third-order valence-electron chi connectivity index (χ3n) is 1.50. The Morgan fingerprint density at radius 1 is 1.50 bits per heavy atom. The molecule has 0 bridgehead atoms. The van der Waals surface area contributed by atoms with Gasteiger partial charge in [0.2, 0.25) is 0 Å². The molecule has 0 fully saturated rings. The third-order valence-corrected chi connectivity index (χ3v) is 2.93. The zero-order valence-corrected chi connectivity index (χ0v) is 11.8. The molecule has 1 rings (SSSR count). The molecule has 0 aromatic heterocycles. The minimum Gasteiger partial charge on any atom is -0.425 e. The molecule has 74 valence electrons. The van der Waals surface area contributed by atoms with E-state index in [0.29, 0.717) is 5.75 Å². The standard InChI is InChI=1S/C10H8I2O2/c1-3-7-4-8(11)5-9(12)10(7)14-6(2)13/h3-5H,1H2,2H3. The molecule has 4 heteroatoms. The molecule has 0 heterocycles. The maximum absolute atomic E-state index is 10.9. The summed E-state index contributed by atoms with van der Waals surface area (Å²) in [6, 6.07) is 3.88. The van der Waals surface area contributed by atoms with E-state index in [0.717, 1.165) is 12.7 Å². The molecule has 1 aromatic rings. The first kappa shape index (κ1) is 12.0. The maximum Gasteiger partial charge on any atom is 0.308 e. The first-order chi connectivity index (χ1) is 6.54.